The predicted molar refractivity (Wildman–Crippen MR) is 75.9 cm³/mol. The van der Waals surface area contributed by atoms with Crippen LogP contribution in [0.4, 0.5) is 5.82 Å². The average molecular weight is 276 g/mol. The molecule has 0 aliphatic heterocycles. The fourth-order valence-electron chi connectivity index (χ4n) is 1.76. The minimum absolute atomic E-state index is 0.175. The summed E-state index contributed by atoms with van der Waals surface area (Å²) in [5, 5.41) is 0.640. The summed E-state index contributed by atoms with van der Waals surface area (Å²) in [6.07, 6.45) is 1.56. The molecular formula is C14H14ClN3O. The quantitative estimate of drug-likeness (QED) is 0.937. The molecule has 1 amide bonds. The lowest BCUT2D eigenvalue weighted by Crippen LogP contribution is -2.27. The molecule has 5 heteroatoms. The van der Waals surface area contributed by atoms with Crippen LogP contribution >= 0.6 is 11.6 Å². The average Bonchev–Trinajstić information content (AvgIpc) is 2.41. The van der Waals surface area contributed by atoms with Crippen LogP contribution in [-0.4, -0.2) is 22.8 Å². The number of hydrogen-bond donors (Lipinski definition) is 1. The summed E-state index contributed by atoms with van der Waals surface area (Å²) < 4.78 is 0. The van der Waals surface area contributed by atoms with Crippen LogP contribution in [0.3, 0.4) is 0 Å². The molecule has 0 saturated heterocycles. The third-order valence-electron chi connectivity index (χ3n) is 2.78. The maximum absolute atomic E-state index is 12.2. The van der Waals surface area contributed by atoms with E-state index in [-0.39, 0.29) is 11.7 Å². The first-order valence-corrected chi connectivity index (χ1v) is 6.16. The van der Waals surface area contributed by atoms with Crippen molar-refractivity contribution in [2.75, 3.05) is 12.8 Å². The number of rotatable bonds is 3. The van der Waals surface area contributed by atoms with E-state index in [0.29, 0.717) is 17.1 Å². The Hall–Kier alpha value is -2.07. The predicted octanol–water partition coefficient (Wildman–Crippen LogP) is 2.59. The van der Waals surface area contributed by atoms with Crippen LogP contribution < -0.4 is 5.73 Å². The van der Waals surface area contributed by atoms with Crippen molar-refractivity contribution in [3.8, 4) is 0 Å². The van der Waals surface area contributed by atoms with Crippen LogP contribution in [0.1, 0.15) is 15.9 Å². The maximum Gasteiger partial charge on any atom is 0.257 e. The molecule has 0 aliphatic carbocycles. The highest BCUT2D eigenvalue weighted by molar-refractivity contribution is 6.31. The smallest absolute Gasteiger partial charge is 0.257 e. The number of nitrogens with zero attached hydrogens (tertiary/aromatic N) is 2. The lowest BCUT2D eigenvalue weighted by molar-refractivity contribution is 0.0786. The summed E-state index contributed by atoms with van der Waals surface area (Å²) >= 11 is 6.08. The van der Waals surface area contributed by atoms with Crippen LogP contribution in [0, 0.1) is 0 Å². The number of nitrogen functional groups attached to an aromatic ring is 1. The Morgan fingerprint density at radius 3 is 2.74 bits per heavy atom. The monoisotopic (exact) mass is 275 g/mol. The van der Waals surface area contributed by atoms with Crippen LogP contribution in [0.2, 0.25) is 5.02 Å². The van der Waals surface area contributed by atoms with E-state index in [1.165, 1.54) is 0 Å². The summed E-state index contributed by atoms with van der Waals surface area (Å²) in [5.74, 6) is 0.0593. The third-order valence-corrected chi connectivity index (χ3v) is 3.15. The van der Waals surface area contributed by atoms with Gasteiger partial charge in [-0.05, 0) is 23.8 Å². The highest BCUT2D eigenvalue weighted by Gasteiger charge is 2.15. The topological polar surface area (TPSA) is 59.2 Å². The number of hydrogen-bond acceptors (Lipinski definition) is 3. The van der Waals surface area contributed by atoms with Gasteiger partial charge >= 0.3 is 0 Å². The first kappa shape index (κ1) is 13.4. The van der Waals surface area contributed by atoms with Gasteiger partial charge in [0.15, 0.2) is 0 Å². The van der Waals surface area contributed by atoms with E-state index in [1.54, 1.807) is 36.3 Å². The molecule has 0 unspecified atom stereocenters. The standard InChI is InChI=1S/C14H14ClN3O/c1-18(9-10-5-2-3-7-12(10)15)14(19)11-6-4-8-17-13(11)16/h2-8H,9H2,1H3,(H2,16,17). The van der Waals surface area contributed by atoms with Gasteiger partial charge in [-0.25, -0.2) is 4.98 Å². The number of pyridine rings is 1. The Morgan fingerprint density at radius 2 is 2.05 bits per heavy atom. The molecule has 0 saturated carbocycles. The molecule has 1 aromatic carbocycles. The van der Waals surface area contributed by atoms with Crippen molar-refractivity contribution < 1.29 is 4.79 Å². The Morgan fingerprint density at radius 1 is 1.32 bits per heavy atom. The van der Waals surface area contributed by atoms with Gasteiger partial charge in [0.25, 0.3) is 5.91 Å². The molecule has 98 valence electrons. The molecule has 0 fully saturated rings. The number of amides is 1. The first-order valence-electron chi connectivity index (χ1n) is 5.79. The van der Waals surface area contributed by atoms with Gasteiger partial charge in [0.05, 0.1) is 5.56 Å². The van der Waals surface area contributed by atoms with E-state index >= 15 is 0 Å². The Kier molecular flexibility index (Phi) is 4.02. The van der Waals surface area contributed by atoms with E-state index < -0.39 is 0 Å². The molecule has 0 aliphatic rings. The number of nitrogens with two attached hydrogens (primary N) is 1. The lowest BCUT2D eigenvalue weighted by Gasteiger charge is -2.18. The van der Waals surface area contributed by atoms with Crippen molar-refractivity contribution in [3.63, 3.8) is 0 Å². The molecule has 1 heterocycles. The fourth-order valence-corrected chi connectivity index (χ4v) is 1.95. The van der Waals surface area contributed by atoms with E-state index in [1.807, 2.05) is 18.2 Å². The molecule has 2 aromatic rings. The number of carbonyl (C=O) groups excluding carboxylic acids is 1. The molecule has 0 spiro atoms. The Bertz CT molecular complexity index is 601. The zero-order valence-corrected chi connectivity index (χ0v) is 11.3. The van der Waals surface area contributed by atoms with E-state index in [2.05, 4.69) is 4.98 Å². The van der Waals surface area contributed by atoms with Gasteiger partial charge < -0.3 is 10.6 Å². The summed E-state index contributed by atoms with van der Waals surface area (Å²) in [5.41, 5.74) is 6.99. The molecule has 19 heavy (non-hydrogen) atoms. The van der Waals surface area contributed by atoms with Gasteiger partial charge in [-0.2, -0.15) is 0 Å². The summed E-state index contributed by atoms with van der Waals surface area (Å²) in [6, 6.07) is 10.8. The van der Waals surface area contributed by atoms with Crippen molar-refractivity contribution in [2.24, 2.45) is 0 Å². The largest absolute Gasteiger partial charge is 0.383 e. The Balaban J connectivity index is 2.17. The van der Waals surface area contributed by atoms with Crippen molar-refractivity contribution in [1.29, 1.82) is 0 Å². The van der Waals surface area contributed by atoms with Crippen molar-refractivity contribution in [3.05, 3.63) is 58.7 Å². The van der Waals surface area contributed by atoms with Gasteiger partial charge in [0.2, 0.25) is 0 Å². The SMILES string of the molecule is CN(Cc1ccccc1Cl)C(=O)c1cccnc1N. The highest BCUT2D eigenvalue weighted by atomic mass is 35.5. The van der Waals surface area contributed by atoms with Gasteiger partial charge in [-0.3, -0.25) is 4.79 Å². The zero-order chi connectivity index (χ0) is 13.8. The lowest BCUT2D eigenvalue weighted by atomic mass is 10.2. The minimum atomic E-state index is -0.175. The molecule has 1 aromatic heterocycles. The first-order chi connectivity index (χ1) is 9.09. The molecular weight excluding hydrogens is 262 g/mol. The second-order valence-electron chi connectivity index (χ2n) is 4.19. The maximum atomic E-state index is 12.2. The molecule has 0 bridgehead atoms. The summed E-state index contributed by atoms with van der Waals surface area (Å²) in [4.78, 5) is 17.7. The second kappa shape index (κ2) is 5.71. The van der Waals surface area contributed by atoms with E-state index in [9.17, 15) is 4.79 Å². The fraction of sp³-hybridized carbons (Fsp3) is 0.143. The van der Waals surface area contributed by atoms with Gasteiger partial charge in [-0.1, -0.05) is 29.8 Å². The third kappa shape index (κ3) is 3.03. The van der Waals surface area contributed by atoms with Crippen molar-refractivity contribution in [1.82, 2.24) is 9.88 Å². The second-order valence-corrected chi connectivity index (χ2v) is 4.60. The molecule has 0 atom stereocenters. The summed E-state index contributed by atoms with van der Waals surface area (Å²) in [7, 11) is 1.71. The number of aromatic nitrogens is 1. The number of anilines is 1. The van der Waals surface area contributed by atoms with Crippen molar-refractivity contribution in [2.45, 2.75) is 6.54 Å². The van der Waals surface area contributed by atoms with Crippen LogP contribution in [0.5, 0.6) is 0 Å². The van der Waals surface area contributed by atoms with Crippen LogP contribution in [0.25, 0.3) is 0 Å². The Labute approximate surface area is 116 Å². The molecule has 4 nitrogen and oxygen atoms in total. The van der Waals surface area contributed by atoms with Gasteiger partial charge in [-0.15, -0.1) is 0 Å². The number of benzene rings is 1. The highest BCUT2D eigenvalue weighted by Crippen LogP contribution is 2.18. The molecule has 2 rings (SSSR count). The summed E-state index contributed by atoms with van der Waals surface area (Å²) in [6.45, 7) is 0.423. The van der Waals surface area contributed by atoms with Crippen molar-refractivity contribution >= 4 is 23.3 Å². The number of halogens is 1. The minimum Gasteiger partial charge on any atom is -0.383 e. The number of carbonyl (C=O) groups is 1. The molecule has 2 N–H and O–H groups in total. The van der Waals surface area contributed by atoms with E-state index in [4.69, 9.17) is 17.3 Å². The van der Waals surface area contributed by atoms with Gasteiger partial charge in [0.1, 0.15) is 5.82 Å². The van der Waals surface area contributed by atoms with E-state index in [0.717, 1.165) is 5.56 Å². The van der Waals surface area contributed by atoms with Crippen LogP contribution in [-0.2, 0) is 6.54 Å². The zero-order valence-electron chi connectivity index (χ0n) is 10.5. The van der Waals surface area contributed by atoms with Crippen LogP contribution in [0.15, 0.2) is 42.6 Å². The van der Waals surface area contributed by atoms with Gasteiger partial charge in [0, 0.05) is 24.8 Å². The normalized spacial score (nSPS) is 10.2. The molecule has 0 radical (unpaired) electrons.